The van der Waals surface area contributed by atoms with Gasteiger partial charge in [0.05, 0.1) is 12.5 Å². The number of aliphatic carboxylic acids is 3. The summed E-state index contributed by atoms with van der Waals surface area (Å²) < 4.78 is -0.488. The Labute approximate surface area is 206 Å². The normalized spacial score (nSPS) is 16.1. The van der Waals surface area contributed by atoms with Crippen LogP contribution in [0.3, 0.4) is 0 Å². The van der Waals surface area contributed by atoms with Gasteiger partial charge in [0.15, 0.2) is 12.1 Å². The number of hydrogen-bond donors (Lipinski definition) is 2. The zero-order chi connectivity index (χ0) is 26.0. The lowest BCUT2D eigenvalue weighted by atomic mass is 9.94. The summed E-state index contributed by atoms with van der Waals surface area (Å²) in [7, 11) is 0. The Balaban J connectivity index is 5.16. The Hall–Kier alpha value is -1.89. The predicted molar refractivity (Wildman–Crippen MR) is 133 cm³/mol. The van der Waals surface area contributed by atoms with E-state index >= 15 is 0 Å². The number of hydrogen-bond acceptors (Lipinski definition) is 4. The Morgan fingerprint density at radius 2 is 1.09 bits per heavy atom. The molecule has 0 aromatic carbocycles. The topological polar surface area (TPSA) is 115 Å². The molecule has 0 amide bonds. The molecule has 0 fully saturated rings. The second-order valence-corrected chi connectivity index (χ2v) is 9.36. The highest BCUT2D eigenvalue weighted by molar-refractivity contribution is 5.77. The summed E-state index contributed by atoms with van der Waals surface area (Å²) >= 11 is 0. The molecule has 0 spiro atoms. The van der Waals surface area contributed by atoms with Gasteiger partial charge in [0.2, 0.25) is 0 Å². The molecular formula is C27H49NO6. The lowest BCUT2D eigenvalue weighted by molar-refractivity contribution is -0.974. The molecule has 198 valence electrons. The van der Waals surface area contributed by atoms with Crippen molar-refractivity contribution < 1.29 is 34.2 Å². The van der Waals surface area contributed by atoms with E-state index in [1.54, 1.807) is 20.8 Å². The minimum Gasteiger partial charge on any atom is -0.544 e. The molecule has 0 bridgehead atoms. The molecule has 3 atom stereocenters. The van der Waals surface area contributed by atoms with Gasteiger partial charge < -0.3 is 20.1 Å². The maximum Gasteiger partial charge on any atom is 0.362 e. The lowest BCUT2D eigenvalue weighted by Gasteiger charge is -2.51. The first kappa shape index (κ1) is 32.1. The van der Waals surface area contributed by atoms with Crippen molar-refractivity contribution in [3.05, 3.63) is 12.2 Å². The van der Waals surface area contributed by atoms with E-state index in [0.717, 1.165) is 19.3 Å². The van der Waals surface area contributed by atoms with Gasteiger partial charge in [-0.25, -0.2) is 9.59 Å². The zero-order valence-electron chi connectivity index (χ0n) is 22.0. The molecular weight excluding hydrogens is 434 g/mol. The van der Waals surface area contributed by atoms with Gasteiger partial charge in [-0.3, -0.25) is 4.48 Å². The van der Waals surface area contributed by atoms with E-state index in [4.69, 9.17) is 0 Å². The molecule has 0 saturated heterocycles. The molecule has 0 aliphatic heterocycles. The molecule has 34 heavy (non-hydrogen) atoms. The van der Waals surface area contributed by atoms with Crippen LogP contribution in [0.15, 0.2) is 12.2 Å². The Morgan fingerprint density at radius 1 is 0.676 bits per heavy atom. The Kier molecular flexibility index (Phi) is 17.4. The summed E-state index contributed by atoms with van der Waals surface area (Å²) in [6, 6.07) is -3.41. The van der Waals surface area contributed by atoms with Crippen molar-refractivity contribution in [2.45, 2.75) is 136 Å². The van der Waals surface area contributed by atoms with E-state index in [1.165, 1.54) is 44.9 Å². The summed E-state index contributed by atoms with van der Waals surface area (Å²) in [6.07, 6.45) is 16.8. The molecule has 2 N–H and O–H groups in total. The molecule has 0 aliphatic carbocycles. The van der Waals surface area contributed by atoms with Gasteiger partial charge >= 0.3 is 11.9 Å². The quantitative estimate of drug-likeness (QED) is 0.128. The lowest BCUT2D eigenvalue weighted by Crippen LogP contribution is -2.73. The maximum absolute atomic E-state index is 12.2. The summed E-state index contributed by atoms with van der Waals surface area (Å²) in [4.78, 5) is 36.4. The van der Waals surface area contributed by atoms with Crippen LogP contribution in [0.4, 0.5) is 0 Å². The van der Waals surface area contributed by atoms with Crippen molar-refractivity contribution in [3.8, 4) is 0 Å². The molecule has 7 nitrogen and oxygen atoms in total. The fourth-order valence-electron chi connectivity index (χ4n) is 5.37. The highest BCUT2D eigenvalue weighted by atomic mass is 16.4. The van der Waals surface area contributed by atoms with Crippen molar-refractivity contribution >= 4 is 17.9 Å². The number of quaternary nitrogens is 1. The van der Waals surface area contributed by atoms with Crippen LogP contribution in [0, 0.1) is 0 Å². The molecule has 0 heterocycles. The van der Waals surface area contributed by atoms with Gasteiger partial charge in [0.1, 0.15) is 6.04 Å². The third kappa shape index (κ3) is 10.2. The van der Waals surface area contributed by atoms with Gasteiger partial charge in [0, 0.05) is 19.3 Å². The SMILES string of the molecule is CCCCCCCCC/C=C/CCCC[N+](C(CC)C(=O)[O-])(C(CC)C(=O)O)C(CC)C(=O)O. The molecule has 7 heteroatoms. The summed E-state index contributed by atoms with van der Waals surface area (Å²) in [5, 5.41) is 31.9. The zero-order valence-corrected chi connectivity index (χ0v) is 22.0. The largest absolute Gasteiger partial charge is 0.544 e. The van der Waals surface area contributed by atoms with Crippen LogP contribution in [0.25, 0.3) is 0 Å². The average molecular weight is 484 g/mol. The number of unbranched alkanes of at least 4 members (excludes halogenated alkanes) is 9. The standard InChI is InChI=1S/C27H49NO6/c1-5-9-10-11-12-13-14-15-16-17-18-19-20-21-28(22(6-2)25(29)30,23(7-3)26(31)32)24(8-4)27(33)34/h16-17,22-24H,5-15,18-21H2,1-4H3,(H2-,29,30,31,32,33,34)/b17-16+. The third-order valence-electron chi connectivity index (χ3n) is 7.05. The van der Waals surface area contributed by atoms with Gasteiger partial charge in [-0.15, -0.1) is 0 Å². The second kappa shape index (κ2) is 18.4. The minimum absolute atomic E-state index is 0.119. The maximum atomic E-state index is 12.2. The van der Waals surface area contributed by atoms with Crippen LogP contribution >= 0.6 is 0 Å². The van der Waals surface area contributed by atoms with Gasteiger partial charge in [-0.2, -0.15) is 0 Å². The fourth-order valence-corrected chi connectivity index (χ4v) is 5.37. The van der Waals surface area contributed by atoms with Crippen molar-refractivity contribution in [1.29, 1.82) is 0 Å². The van der Waals surface area contributed by atoms with Gasteiger partial charge in [0.25, 0.3) is 0 Å². The Bertz CT molecular complexity index is 563. The van der Waals surface area contributed by atoms with Crippen LogP contribution < -0.4 is 5.11 Å². The van der Waals surface area contributed by atoms with Crippen LogP contribution in [0.5, 0.6) is 0 Å². The van der Waals surface area contributed by atoms with Crippen molar-refractivity contribution in [1.82, 2.24) is 0 Å². The number of nitrogens with zero attached hydrogens (tertiary/aromatic N) is 1. The first-order valence-electron chi connectivity index (χ1n) is 13.4. The van der Waals surface area contributed by atoms with Crippen LogP contribution in [-0.4, -0.2) is 57.3 Å². The van der Waals surface area contributed by atoms with Crippen molar-refractivity contribution in [2.24, 2.45) is 0 Å². The average Bonchev–Trinajstić information content (AvgIpc) is 2.77. The first-order valence-corrected chi connectivity index (χ1v) is 13.4. The van der Waals surface area contributed by atoms with Gasteiger partial charge in [-0.05, 0) is 32.1 Å². The van der Waals surface area contributed by atoms with E-state index in [1.807, 2.05) is 0 Å². The third-order valence-corrected chi connectivity index (χ3v) is 7.05. The summed E-state index contributed by atoms with van der Waals surface area (Å²) in [5.74, 6) is -3.69. The van der Waals surface area contributed by atoms with Crippen LogP contribution in [-0.2, 0) is 14.4 Å². The van der Waals surface area contributed by atoms with E-state index in [9.17, 15) is 29.7 Å². The summed E-state index contributed by atoms with van der Waals surface area (Å²) in [5.41, 5.74) is 0. The Morgan fingerprint density at radius 3 is 1.47 bits per heavy atom. The smallest absolute Gasteiger partial charge is 0.362 e. The molecule has 0 rings (SSSR count). The van der Waals surface area contributed by atoms with E-state index in [2.05, 4.69) is 19.1 Å². The van der Waals surface area contributed by atoms with E-state index in [-0.39, 0.29) is 25.8 Å². The molecule has 0 saturated carbocycles. The molecule has 0 aliphatic rings. The first-order chi connectivity index (χ1) is 16.2. The van der Waals surface area contributed by atoms with Crippen molar-refractivity contribution in [3.63, 3.8) is 0 Å². The number of carboxylic acid groups (broad SMARTS) is 3. The molecule has 3 unspecified atom stereocenters. The van der Waals surface area contributed by atoms with Crippen LogP contribution in [0.1, 0.15) is 118 Å². The molecule has 0 radical (unpaired) electrons. The van der Waals surface area contributed by atoms with Crippen LogP contribution in [0.2, 0.25) is 0 Å². The summed E-state index contributed by atoms with van der Waals surface area (Å²) in [6.45, 7) is 7.42. The monoisotopic (exact) mass is 483 g/mol. The van der Waals surface area contributed by atoms with E-state index < -0.39 is 40.5 Å². The van der Waals surface area contributed by atoms with Gasteiger partial charge in [-0.1, -0.05) is 78.4 Å². The predicted octanol–water partition coefficient (Wildman–Crippen LogP) is 4.93. The van der Waals surface area contributed by atoms with Crippen molar-refractivity contribution in [2.75, 3.05) is 6.54 Å². The number of rotatable bonds is 22. The minimum atomic E-state index is -1.38. The highest BCUT2D eigenvalue weighted by Crippen LogP contribution is 2.32. The van der Waals surface area contributed by atoms with E-state index in [0.29, 0.717) is 6.42 Å². The highest BCUT2D eigenvalue weighted by Gasteiger charge is 2.53. The molecule has 0 aromatic heterocycles. The number of allylic oxidation sites excluding steroid dienone is 2. The molecule has 0 aromatic rings. The second-order valence-electron chi connectivity index (χ2n) is 9.36. The fraction of sp³-hybridized carbons (Fsp3) is 0.815. The number of carbonyl (C=O) groups is 3. The number of carbonyl (C=O) groups excluding carboxylic acids is 1. The number of carboxylic acids is 3.